The third kappa shape index (κ3) is 3.62. The number of rotatable bonds is 2. The number of benzene rings is 1. The summed E-state index contributed by atoms with van der Waals surface area (Å²) in [4.78, 5) is 12.5. The average molecular weight is 290 g/mol. The van der Waals surface area contributed by atoms with Gasteiger partial charge in [-0.3, -0.25) is 10.1 Å². The SMILES string of the molecule is Cc1ccc(NC(=S)NC(=O)c2cccs2)c(C)c1. The van der Waals surface area contributed by atoms with Gasteiger partial charge in [0.2, 0.25) is 0 Å². The molecule has 19 heavy (non-hydrogen) atoms. The number of thiophene rings is 1. The first-order chi connectivity index (χ1) is 9.06. The third-order valence-corrected chi connectivity index (χ3v) is 3.67. The zero-order valence-electron chi connectivity index (χ0n) is 10.7. The van der Waals surface area contributed by atoms with Crippen LogP contribution < -0.4 is 10.6 Å². The summed E-state index contributed by atoms with van der Waals surface area (Å²) < 4.78 is 0. The Hall–Kier alpha value is -1.72. The van der Waals surface area contributed by atoms with Gasteiger partial charge in [0.05, 0.1) is 4.88 Å². The second-order valence-electron chi connectivity index (χ2n) is 4.20. The zero-order chi connectivity index (χ0) is 13.8. The molecule has 0 radical (unpaired) electrons. The van der Waals surface area contributed by atoms with Crippen molar-refractivity contribution in [2.45, 2.75) is 13.8 Å². The van der Waals surface area contributed by atoms with Gasteiger partial charge in [0, 0.05) is 5.69 Å². The van der Waals surface area contributed by atoms with Crippen LogP contribution in [0.25, 0.3) is 0 Å². The van der Waals surface area contributed by atoms with E-state index < -0.39 is 0 Å². The summed E-state index contributed by atoms with van der Waals surface area (Å²) >= 11 is 6.53. The maximum atomic E-state index is 11.8. The van der Waals surface area contributed by atoms with Crippen LogP contribution in [0.1, 0.15) is 20.8 Å². The predicted octanol–water partition coefficient (Wildman–Crippen LogP) is 3.49. The number of thiocarbonyl (C=S) groups is 1. The maximum absolute atomic E-state index is 11.8. The van der Waals surface area contributed by atoms with Gasteiger partial charge in [-0.2, -0.15) is 0 Å². The summed E-state index contributed by atoms with van der Waals surface area (Å²) in [6.45, 7) is 4.03. The van der Waals surface area contributed by atoms with Gasteiger partial charge < -0.3 is 5.32 Å². The number of hydrogen-bond donors (Lipinski definition) is 2. The van der Waals surface area contributed by atoms with E-state index in [2.05, 4.69) is 16.7 Å². The van der Waals surface area contributed by atoms with Crippen molar-refractivity contribution in [2.75, 3.05) is 5.32 Å². The lowest BCUT2D eigenvalue weighted by Gasteiger charge is -2.11. The molecular formula is C14H14N2OS2. The lowest BCUT2D eigenvalue weighted by molar-refractivity contribution is 0.0981. The van der Waals surface area contributed by atoms with Crippen LogP contribution in [0.15, 0.2) is 35.7 Å². The number of amides is 1. The van der Waals surface area contributed by atoms with Gasteiger partial charge in [-0.15, -0.1) is 11.3 Å². The van der Waals surface area contributed by atoms with Crippen LogP contribution in [0.5, 0.6) is 0 Å². The van der Waals surface area contributed by atoms with Crippen molar-refractivity contribution in [3.8, 4) is 0 Å². The minimum absolute atomic E-state index is 0.183. The minimum Gasteiger partial charge on any atom is -0.332 e. The zero-order valence-corrected chi connectivity index (χ0v) is 12.3. The lowest BCUT2D eigenvalue weighted by Crippen LogP contribution is -2.33. The molecule has 1 aromatic carbocycles. The fourth-order valence-corrected chi connectivity index (χ4v) is 2.50. The van der Waals surface area contributed by atoms with Crippen LogP contribution in [0, 0.1) is 13.8 Å². The molecule has 0 aliphatic heterocycles. The van der Waals surface area contributed by atoms with Gasteiger partial charge in [0.15, 0.2) is 5.11 Å². The van der Waals surface area contributed by atoms with Crippen LogP contribution in [0.4, 0.5) is 5.69 Å². The van der Waals surface area contributed by atoms with E-state index in [0.717, 1.165) is 11.3 Å². The van der Waals surface area contributed by atoms with E-state index in [1.54, 1.807) is 6.07 Å². The van der Waals surface area contributed by atoms with Crippen LogP contribution in [-0.4, -0.2) is 11.0 Å². The number of nitrogens with one attached hydrogen (secondary N) is 2. The van der Waals surface area contributed by atoms with E-state index in [9.17, 15) is 4.79 Å². The number of hydrogen-bond acceptors (Lipinski definition) is 3. The third-order valence-electron chi connectivity index (χ3n) is 2.60. The molecule has 0 atom stereocenters. The summed E-state index contributed by atoms with van der Waals surface area (Å²) in [5.74, 6) is -0.183. The molecule has 5 heteroatoms. The smallest absolute Gasteiger partial charge is 0.267 e. The van der Waals surface area contributed by atoms with Crippen molar-refractivity contribution in [3.05, 3.63) is 51.7 Å². The highest BCUT2D eigenvalue weighted by Crippen LogP contribution is 2.16. The molecule has 0 spiro atoms. The maximum Gasteiger partial charge on any atom is 0.267 e. The molecule has 98 valence electrons. The van der Waals surface area contributed by atoms with E-state index in [0.29, 0.717) is 9.99 Å². The van der Waals surface area contributed by atoms with Gasteiger partial charge in [-0.25, -0.2) is 0 Å². The number of carbonyl (C=O) groups excluding carboxylic acids is 1. The van der Waals surface area contributed by atoms with Crippen molar-refractivity contribution < 1.29 is 4.79 Å². The summed E-state index contributed by atoms with van der Waals surface area (Å²) in [7, 11) is 0. The molecule has 0 aliphatic carbocycles. The first-order valence-electron chi connectivity index (χ1n) is 5.79. The minimum atomic E-state index is -0.183. The van der Waals surface area contributed by atoms with Crippen LogP contribution in [0.3, 0.4) is 0 Å². The van der Waals surface area contributed by atoms with Crippen molar-refractivity contribution >= 4 is 40.3 Å². The molecule has 1 amide bonds. The molecule has 0 saturated heterocycles. The molecule has 1 aromatic heterocycles. The van der Waals surface area contributed by atoms with Gasteiger partial charge >= 0.3 is 0 Å². The summed E-state index contributed by atoms with van der Waals surface area (Å²) in [5, 5.41) is 7.87. The van der Waals surface area contributed by atoms with Gasteiger partial charge in [0.25, 0.3) is 5.91 Å². The van der Waals surface area contributed by atoms with Crippen molar-refractivity contribution in [1.29, 1.82) is 0 Å². The molecule has 0 aliphatic rings. The quantitative estimate of drug-likeness (QED) is 0.832. The Morgan fingerprint density at radius 3 is 2.68 bits per heavy atom. The molecule has 0 unspecified atom stereocenters. The standard InChI is InChI=1S/C14H14N2OS2/c1-9-5-6-11(10(2)8-9)15-14(18)16-13(17)12-4-3-7-19-12/h3-8H,1-2H3,(H2,15,16,17,18). The first-order valence-corrected chi connectivity index (χ1v) is 7.08. The number of aryl methyl sites for hydroxylation is 2. The largest absolute Gasteiger partial charge is 0.332 e. The molecule has 1 heterocycles. The molecular weight excluding hydrogens is 276 g/mol. The van der Waals surface area contributed by atoms with E-state index in [1.165, 1.54) is 16.9 Å². The topological polar surface area (TPSA) is 41.1 Å². The monoisotopic (exact) mass is 290 g/mol. The van der Waals surface area contributed by atoms with Crippen molar-refractivity contribution in [2.24, 2.45) is 0 Å². The summed E-state index contributed by atoms with van der Waals surface area (Å²) in [5.41, 5.74) is 3.19. The van der Waals surface area contributed by atoms with Gasteiger partial charge in [0.1, 0.15) is 0 Å². The fraction of sp³-hybridized carbons (Fsp3) is 0.143. The Labute approximate surface area is 121 Å². The van der Waals surface area contributed by atoms with Gasteiger partial charge in [-0.1, -0.05) is 23.8 Å². The van der Waals surface area contributed by atoms with Crippen LogP contribution >= 0.6 is 23.6 Å². The van der Waals surface area contributed by atoms with E-state index in [4.69, 9.17) is 12.2 Å². The summed E-state index contributed by atoms with van der Waals surface area (Å²) in [6, 6.07) is 9.61. The Kier molecular flexibility index (Phi) is 4.29. The Morgan fingerprint density at radius 1 is 1.26 bits per heavy atom. The Bertz CT molecular complexity index is 606. The fourth-order valence-electron chi connectivity index (χ4n) is 1.68. The second-order valence-corrected chi connectivity index (χ2v) is 5.56. The van der Waals surface area contributed by atoms with Crippen molar-refractivity contribution in [1.82, 2.24) is 5.32 Å². The van der Waals surface area contributed by atoms with E-state index in [1.807, 2.05) is 37.4 Å². The highest BCUT2D eigenvalue weighted by atomic mass is 32.1. The van der Waals surface area contributed by atoms with E-state index >= 15 is 0 Å². The second kappa shape index (κ2) is 5.95. The Morgan fingerprint density at radius 2 is 2.05 bits per heavy atom. The number of carbonyl (C=O) groups is 1. The normalized spacial score (nSPS) is 10.0. The molecule has 0 bridgehead atoms. The molecule has 3 nitrogen and oxygen atoms in total. The molecule has 2 aromatic rings. The number of anilines is 1. The molecule has 0 saturated carbocycles. The molecule has 2 rings (SSSR count). The average Bonchev–Trinajstić information content (AvgIpc) is 2.86. The highest BCUT2D eigenvalue weighted by molar-refractivity contribution is 7.80. The Balaban J connectivity index is 2.00. The lowest BCUT2D eigenvalue weighted by atomic mass is 10.1. The van der Waals surface area contributed by atoms with Crippen LogP contribution in [-0.2, 0) is 0 Å². The first kappa shape index (κ1) is 13.7. The highest BCUT2D eigenvalue weighted by Gasteiger charge is 2.09. The molecule has 2 N–H and O–H groups in total. The van der Waals surface area contributed by atoms with Crippen LogP contribution in [0.2, 0.25) is 0 Å². The molecule has 0 fully saturated rings. The van der Waals surface area contributed by atoms with Gasteiger partial charge in [-0.05, 0) is 49.1 Å². The van der Waals surface area contributed by atoms with Crippen molar-refractivity contribution in [3.63, 3.8) is 0 Å². The summed E-state index contributed by atoms with van der Waals surface area (Å²) in [6.07, 6.45) is 0. The predicted molar refractivity (Wildman–Crippen MR) is 83.9 cm³/mol. The van der Waals surface area contributed by atoms with E-state index in [-0.39, 0.29) is 5.91 Å².